The summed E-state index contributed by atoms with van der Waals surface area (Å²) in [6.07, 6.45) is 0.331. The average Bonchev–Trinajstić information content (AvgIpc) is 2.52. The van der Waals surface area contributed by atoms with Crippen LogP contribution in [-0.2, 0) is 11.3 Å². The molecule has 1 amide bonds. The summed E-state index contributed by atoms with van der Waals surface area (Å²) in [4.78, 5) is 14.0. The molecule has 116 valence electrons. The lowest BCUT2D eigenvalue weighted by Gasteiger charge is -2.26. The van der Waals surface area contributed by atoms with E-state index in [4.69, 9.17) is 22.1 Å². The van der Waals surface area contributed by atoms with Crippen molar-refractivity contribution in [2.24, 2.45) is 5.73 Å². The summed E-state index contributed by atoms with van der Waals surface area (Å²) in [5, 5.41) is 0.645. The second kappa shape index (κ2) is 6.15. The Morgan fingerprint density at radius 3 is 2.76 bits per heavy atom. The Bertz CT molecular complexity index is 557. The van der Waals surface area contributed by atoms with Gasteiger partial charge in [0.1, 0.15) is 5.60 Å². The molecule has 0 aromatic heterocycles. The summed E-state index contributed by atoms with van der Waals surface area (Å²) in [6.45, 7) is 6.56. The van der Waals surface area contributed by atoms with Crippen molar-refractivity contribution in [2.45, 2.75) is 45.4 Å². The fraction of sp³-hybridized carbons (Fsp3) is 0.533. The highest BCUT2D eigenvalue weighted by molar-refractivity contribution is 9.10. The molecule has 0 spiro atoms. The van der Waals surface area contributed by atoms with E-state index in [1.54, 1.807) is 4.90 Å². The monoisotopic (exact) mass is 374 g/mol. The third kappa shape index (κ3) is 3.90. The number of fused-ring (bicyclic) bond motifs is 1. The fourth-order valence-electron chi connectivity index (χ4n) is 2.36. The summed E-state index contributed by atoms with van der Waals surface area (Å²) in [5.41, 5.74) is 7.58. The molecule has 0 bridgehead atoms. The molecule has 0 radical (unpaired) electrons. The van der Waals surface area contributed by atoms with Crippen molar-refractivity contribution >= 4 is 33.6 Å². The molecular weight excluding hydrogens is 356 g/mol. The van der Waals surface area contributed by atoms with Crippen LogP contribution in [-0.4, -0.2) is 23.1 Å². The van der Waals surface area contributed by atoms with E-state index in [0.717, 1.165) is 15.6 Å². The van der Waals surface area contributed by atoms with Gasteiger partial charge < -0.3 is 15.4 Å². The van der Waals surface area contributed by atoms with Gasteiger partial charge in [-0.05, 0) is 50.5 Å². The molecule has 2 rings (SSSR count). The Labute approximate surface area is 138 Å². The predicted octanol–water partition coefficient (Wildman–Crippen LogP) is 4.24. The molecule has 0 saturated heterocycles. The third-order valence-corrected chi connectivity index (χ3v) is 4.40. The molecule has 4 nitrogen and oxygen atoms in total. The molecule has 2 N–H and O–H groups in total. The molecule has 0 unspecified atom stereocenters. The standard InChI is InChI=1S/C15H20BrClN2O2/c1-15(2,3)21-14(20)19-7-6-12(18)13-9(8-19)10(16)4-5-11(13)17/h4-5,12H,6-8,18H2,1-3H3/t12-/m1/s1. The molecule has 1 aliphatic heterocycles. The minimum absolute atomic E-state index is 0.183. The normalized spacial score (nSPS) is 19.0. The van der Waals surface area contributed by atoms with Gasteiger partial charge in [-0.15, -0.1) is 0 Å². The fourth-order valence-corrected chi connectivity index (χ4v) is 3.15. The summed E-state index contributed by atoms with van der Waals surface area (Å²) in [7, 11) is 0. The van der Waals surface area contributed by atoms with Gasteiger partial charge in [0, 0.05) is 22.1 Å². The van der Waals surface area contributed by atoms with Gasteiger partial charge in [-0.1, -0.05) is 27.5 Å². The molecule has 1 atom stereocenters. The van der Waals surface area contributed by atoms with Crippen LogP contribution < -0.4 is 5.73 Å². The number of nitrogens with zero attached hydrogens (tertiary/aromatic N) is 1. The van der Waals surface area contributed by atoms with Crippen LogP contribution in [0.4, 0.5) is 4.79 Å². The van der Waals surface area contributed by atoms with Gasteiger partial charge in [-0.25, -0.2) is 4.79 Å². The zero-order chi connectivity index (χ0) is 15.8. The van der Waals surface area contributed by atoms with Crippen molar-refractivity contribution < 1.29 is 9.53 Å². The Morgan fingerprint density at radius 2 is 2.14 bits per heavy atom. The maximum absolute atomic E-state index is 12.3. The van der Waals surface area contributed by atoms with Crippen LogP contribution in [0.5, 0.6) is 0 Å². The number of nitrogens with two attached hydrogens (primary N) is 1. The van der Waals surface area contributed by atoms with Gasteiger partial charge in [-0.3, -0.25) is 0 Å². The quantitative estimate of drug-likeness (QED) is 0.738. The molecule has 21 heavy (non-hydrogen) atoms. The topological polar surface area (TPSA) is 55.6 Å². The minimum atomic E-state index is -0.514. The summed E-state index contributed by atoms with van der Waals surface area (Å²) >= 11 is 9.80. The molecule has 1 aromatic carbocycles. The summed E-state index contributed by atoms with van der Waals surface area (Å²) in [5.74, 6) is 0. The van der Waals surface area contributed by atoms with Crippen molar-refractivity contribution in [3.05, 3.63) is 32.8 Å². The lowest BCUT2D eigenvalue weighted by atomic mass is 10.00. The Hall–Kier alpha value is -0.780. The van der Waals surface area contributed by atoms with Crippen LogP contribution in [0.15, 0.2) is 16.6 Å². The molecule has 0 fully saturated rings. The summed E-state index contributed by atoms with van der Waals surface area (Å²) < 4.78 is 6.36. The smallest absolute Gasteiger partial charge is 0.410 e. The van der Waals surface area contributed by atoms with E-state index in [2.05, 4.69) is 15.9 Å². The van der Waals surface area contributed by atoms with Gasteiger partial charge in [-0.2, -0.15) is 0 Å². The van der Waals surface area contributed by atoms with Gasteiger partial charge >= 0.3 is 6.09 Å². The van der Waals surface area contributed by atoms with Crippen LogP contribution in [0.3, 0.4) is 0 Å². The third-order valence-electron chi connectivity index (χ3n) is 3.33. The second-order valence-electron chi connectivity index (χ2n) is 6.22. The van der Waals surface area contributed by atoms with Crippen LogP contribution >= 0.6 is 27.5 Å². The SMILES string of the molecule is CC(C)(C)OC(=O)N1CC[C@@H](N)c2c(Cl)ccc(Br)c2C1. The van der Waals surface area contributed by atoms with Crippen LogP contribution in [0.25, 0.3) is 0 Å². The van der Waals surface area contributed by atoms with E-state index in [1.165, 1.54) is 0 Å². The van der Waals surface area contributed by atoms with E-state index in [1.807, 2.05) is 32.9 Å². The predicted molar refractivity (Wildman–Crippen MR) is 87.3 cm³/mol. The highest BCUT2D eigenvalue weighted by atomic mass is 79.9. The van der Waals surface area contributed by atoms with E-state index < -0.39 is 5.60 Å². The van der Waals surface area contributed by atoms with Gasteiger partial charge in [0.2, 0.25) is 0 Å². The lowest BCUT2D eigenvalue weighted by molar-refractivity contribution is 0.0234. The van der Waals surface area contributed by atoms with Crippen LogP contribution in [0, 0.1) is 0 Å². The van der Waals surface area contributed by atoms with Crippen LogP contribution in [0.1, 0.15) is 44.4 Å². The molecule has 1 heterocycles. The first-order chi connectivity index (χ1) is 9.69. The highest BCUT2D eigenvalue weighted by Crippen LogP contribution is 2.35. The van der Waals surface area contributed by atoms with Crippen molar-refractivity contribution in [2.75, 3.05) is 6.54 Å². The van der Waals surface area contributed by atoms with E-state index in [0.29, 0.717) is 24.5 Å². The van der Waals surface area contributed by atoms with Crippen LogP contribution in [0.2, 0.25) is 5.02 Å². The molecule has 6 heteroatoms. The number of rotatable bonds is 0. The average molecular weight is 376 g/mol. The highest BCUT2D eigenvalue weighted by Gasteiger charge is 2.29. The van der Waals surface area contributed by atoms with Gasteiger partial charge in [0.05, 0.1) is 6.54 Å². The van der Waals surface area contributed by atoms with Gasteiger partial charge in [0.15, 0.2) is 0 Å². The molecule has 0 saturated carbocycles. The van der Waals surface area contributed by atoms with E-state index in [9.17, 15) is 4.79 Å². The first-order valence-electron chi connectivity index (χ1n) is 6.89. The van der Waals surface area contributed by atoms with Crippen molar-refractivity contribution in [3.8, 4) is 0 Å². The number of amides is 1. The number of carbonyl (C=O) groups excluding carboxylic acids is 1. The largest absolute Gasteiger partial charge is 0.444 e. The number of hydrogen-bond donors (Lipinski definition) is 1. The lowest BCUT2D eigenvalue weighted by Crippen LogP contribution is -2.36. The number of halogens is 2. The Kier molecular flexibility index (Phi) is 4.85. The molecule has 1 aromatic rings. The molecular formula is C15H20BrClN2O2. The maximum Gasteiger partial charge on any atom is 0.410 e. The molecule has 0 aliphatic carbocycles. The number of benzene rings is 1. The van der Waals surface area contributed by atoms with E-state index in [-0.39, 0.29) is 12.1 Å². The number of ether oxygens (including phenoxy) is 1. The Balaban J connectivity index is 2.31. The number of hydrogen-bond acceptors (Lipinski definition) is 3. The van der Waals surface area contributed by atoms with Crippen molar-refractivity contribution in [1.82, 2.24) is 4.90 Å². The Morgan fingerprint density at radius 1 is 1.48 bits per heavy atom. The summed E-state index contributed by atoms with van der Waals surface area (Å²) in [6, 6.07) is 3.53. The first kappa shape index (κ1) is 16.6. The van der Waals surface area contributed by atoms with Crippen molar-refractivity contribution in [3.63, 3.8) is 0 Å². The minimum Gasteiger partial charge on any atom is -0.444 e. The van der Waals surface area contributed by atoms with E-state index >= 15 is 0 Å². The first-order valence-corrected chi connectivity index (χ1v) is 8.06. The number of carbonyl (C=O) groups is 1. The maximum atomic E-state index is 12.3. The van der Waals surface area contributed by atoms with Crippen molar-refractivity contribution in [1.29, 1.82) is 0 Å². The zero-order valence-electron chi connectivity index (χ0n) is 12.5. The van der Waals surface area contributed by atoms with Gasteiger partial charge in [0.25, 0.3) is 0 Å². The second-order valence-corrected chi connectivity index (χ2v) is 7.48. The molecule has 1 aliphatic rings. The zero-order valence-corrected chi connectivity index (χ0v) is 14.8.